The lowest BCUT2D eigenvalue weighted by Gasteiger charge is -2.24. The van der Waals surface area contributed by atoms with Crippen LogP contribution in [0.15, 0.2) is 57.8 Å². The van der Waals surface area contributed by atoms with E-state index in [0.29, 0.717) is 17.1 Å². The maximum absolute atomic E-state index is 12.4. The molecule has 0 saturated carbocycles. The third-order valence-corrected chi connectivity index (χ3v) is 6.17. The van der Waals surface area contributed by atoms with Crippen molar-refractivity contribution in [1.29, 1.82) is 0 Å². The van der Waals surface area contributed by atoms with Crippen LogP contribution in [0.2, 0.25) is 0 Å². The fourth-order valence-electron chi connectivity index (χ4n) is 2.71. The Balaban J connectivity index is 1.44. The van der Waals surface area contributed by atoms with Crippen LogP contribution in [0.25, 0.3) is 11.5 Å². The molecule has 10 nitrogen and oxygen atoms in total. The van der Waals surface area contributed by atoms with Crippen molar-refractivity contribution < 1.29 is 27.1 Å². The molecule has 2 heterocycles. The number of amides is 1. The second kappa shape index (κ2) is 7.76. The number of carbonyl (C=O) groups is 1. The molecule has 0 bridgehead atoms. The predicted molar refractivity (Wildman–Crippen MR) is 106 cm³/mol. The maximum atomic E-state index is 12.4. The van der Waals surface area contributed by atoms with Gasteiger partial charge in [-0.3, -0.25) is 10.1 Å². The summed E-state index contributed by atoms with van der Waals surface area (Å²) in [4.78, 5) is 12.6. The summed E-state index contributed by atoms with van der Waals surface area (Å²) in [6, 6.07) is 12.9. The molecule has 1 amide bonds. The summed E-state index contributed by atoms with van der Waals surface area (Å²) in [6.45, 7) is 0.0473. The smallest absolute Gasteiger partial charge is 0.322 e. The Bertz CT molecular complexity index is 1170. The van der Waals surface area contributed by atoms with Crippen molar-refractivity contribution in [2.24, 2.45) is 0 Å². The summed E-state index contributed by atoms with van der Waals surface area (Å²) in [5.41, 5.74) is 0.506. The maximum Gasteiger partial charge on any atom is 0.322 e. The zero-order valence-corrected chi connectivity index (χ0v) is 16.9. The molecule has 0 spiro atoms. The standard InChI is InChI=1S/C19H18N4O6S/c1-23(2)30(25,26)13-9-7-12(8-10-13)18-21-22-19(29-18)20-17(24)16-11-27-14-5-3-4-6-15(14)28-16/h3-10,16H,11H2,1-2H3,(H,20,22,24)/t16-/m1/s1. The number of nitrogens with one attached hydrogen (secondary N) is 1. The van der Waals surface area contributed by atoms with Crippen molar-refractivity contribution in [3.63, 3.8) is 0 Å². The molecule has 1 aromatic heterocycles. The van der Waals surface area contributed by atoms with E-state index in [4.69, 9.17) is 13.9 Å². The molecule has 1 N–H and O–H groups in total. The molecule has 156 valence electrons. The van der Waals surface area contributed by atoms with Gasteiger partial charge in [0.1, 0.15) is 6.61 Å². The van der Waals surface area contributed by atoms with Crippen molar-refractivity contribution in [2.75, 3.05) is 26.0 Å². The monoisotopic (exact) mass is 430 g/mol. The number of benzene rings is 2. The minimum Gasteiger partial charge on any atom is -0.485 e. The molecular formula is C19H18N4O6S. The summed E-state index contributed by atoms with van der Waals surface area (Å²) in [6.07, 6.45) is -0.870. The van der Waals surface area contributed by atoms with Gasteiger partial charge < -0.3 is 13.9 Å². The Morgan fingerprint density at radius 2 is 1.77 bits per heavy atom. The second-order valence-corrected chi connectivity index (χ2v) is 8.73. The topological polar surface area (TPSA) is 124 Å². The predicted octanol–water partition coefficient (Wildman–Crippen LogP) is 1.77. The molecule has 0 fully saturated rings. The van der Waals surface area contributed by atoms with Crippen molar-refractivity contribution in [3.8, 4) is 23.0 Å². The van der Waals surface area contributed by atoms with E-state index in [1.807, 2.05) is 6.07 Å². The van der Waals surface area contributed by atoms with Crippen LogP contribution in [0.4, 0.5) is 6.01 Å². The van der Waals surface area contributed by atoms with E-state index in [1.165, 1.54) is 26.2 Å². The number of hydrogen-bond donors (Lipinski definition) is 1. The molecule has 0 unspecified atom stereocenters. The van der Waals surface area contributed by atoms with E-state index >= 15 is 0 Å². The Labute approximate surface area is 172 Å². The number of rotatable bonds is 5. The first kappa shape index (κ1) is 19.9. The van der Waals surface area contributed by atoms with Crippen LogP contribution in [0.1, 0.15) is 0 Å². The van der Waals surface area contributed by atoms with E-state index in [0.717, 1.165) is 4.31 Å². The highest BCUT2D eigenvalue weighted by atomic mass is 32.2. The third-order valence-electron chi connectivity index (χ3n) is 4.34. The number of ether oxygens (including phenoxy) is 2. The van der Waals surface area contributed by atoms with Crippen LogP contribution >= 0.6 is 0 Å². The van der Waals surface area contributed by atoms with Crippen molar-refractivity contribution in [1.82, 2.24) is 14.5 Å². The Morgan fingerprint density at radius 1 is 1.07 bits per heavy atom. The average Bonchev–Trinajstić information content (AvgIpc) is 3.21. The Hall–Kier alpha value is -3.44. The fraction of sp³-hybridized carbons (Fsp3) is 0.211. The van der Waals surface area contributed by atoms with Gasteiger partial charge in [0.2, 0.25) is 22.0 Å². The average molecular weight is 430 g/mol. The van der Waals surface area contributed by atoms with Crippen LogP contribution in [0.3, 0.4) is 0 Å². The molecule has 0 radical (unpaired) electrons. The highest BCUT2D eigenvalue weighted by Crippen LogP contribution is 2.31. The number of fused-ring (bicyclic) bond motifs is 1. The molecule has 1 atom stereocenters. The SMILES string of the molecule is CN(C)S(=O)(=O)c1ccc(-c2nnc(NC(=O)[C@H]3COc4ccccc4O3)o2)cc1. The largest absolute Gasteiger partial charge is 0.485 e. The highest BCUT2D eigenvalue weighted by Gasteiger charge is 2.28. The van der Waals surface area contributed by atoms with Crippen LogP contribution in [0, 0.1) is 0 Å². The molecule has 0 saturated heterocycles. The van der Waals surface area contributed by atoms with Gasteiger partial charge in [0.25, 0.3) is 5.91 Å². The van der Waals surface area contributed by atoms with Gasteiger partial charge in [0, 0.05) is 19.7 Å². The first-order chi connectivity index (χ1) is 14.3. The quantitative estimate of drug-likeness (QED) is 0.649. The van der Waals surface area contributed by atoms with Crippen LogP contribution in [-0.2, 0) is 14.8 Å². The van der Waals surface area contributed by atoms with Gasteiger partial charge in [-0.25, -0.2) is 12.7 Å². The lowest BCUT2D eigenvalue weighted by Crippen LogP contribution is -2.40. The minimum absolute atomic E-state index is 0.0473. The first-order valence-corrected chi connectivity index (χ1v) is 10.3. The highest BCUT2D eigenvalue weighted by molar-refractivity contribution is 7.89. The number of aromatic nitrogens is 2. The van der Waals surface area contributed by atoms with Gasteiger partial charge in [-0.2, -0.15) is 0 Å². The molecule has 1 aliphatic rings. The van der Waals surface area contributed by atoms with Gasteiger partial charge in [-0.05, 0) is 36.4 Å². The minimum atomic E-state index is -3.54. The first-order valence-electron chi connectivity index (χ1n) is 8.90. The van der Waals surface area contributed by atoms with Gasteiger partial charge in [-0.15, -0.1) is 5.10 Å². The lowest BCUT2D eigenvalue weighted by atomic mass is 10.2. The molecule has 30 heavy (non-hydrogen) atoms. The molecule has 3 aromatic rings. The lowest BCUT2D eigenvalue weighted by molar-refractivity contribution is -0.125. The summed E-state index contributed by atoms with van der Waals surface area (Å²) < 4.78 is 42.0. The van der Waals surface area contributed by atoms with E-state index in [-0.39, 0.29) is 23.4 Å². The Kier molecular flexibility index (Phi) is 5.14. The van der Waals surface area contributed by atoms with Gasteiger partial charge in [0.15, 0.2) is 11.5 Å². The van der Waals surface area contributed by atoms with E-state index in [1.54, 1.807) is 30.3 Å². The van der Waals surface area contributed by atoms with Crippen molar-refractivity contribution in [2.45, 2.75) is 11.0 Å². The van der Waals surface area contributed by atoms with Crippen LogP contribution in [0.5, 0.6) is 11.5 Å². The Morgan fingerprint density at radius 3 is 2.47 bits per heavy atom. The molecule has 1 aliphatic heterocycles. The van der Waals surface area contributed by atoms with Crippen LogP contribution < -0.4 is 14.8 Å². The number of carbonyl (C=O) groups excluding carboxylic acids is 1. The van der Waals surface area contributed by atoms with Gasteiger partial charge in [-0.1, -0.05) is 17.2 Å². The number of sulfonamides is 1. The van der Waals surface area contributed by atoms with E-state index in [2.05, 4.69) is 15.5 Å². The number of nitrogens with zero attached hydrogens (tertiary/aromatic N) is 3. The van der Waals surface area contributed by atoms with Gasteiger partial charge in [0.05, 0.1) is 4.90 Å². The van der Waals surface area contributed by atoms with Gasteiger partial charge >= 0.3 is 6.01 Å². The molecule has 0 aliphatic carbocycles. The van der Waals surface area contributed by atoms with Crippen LogP contribution in [-0.4, -0.2) is 55.6 Å². The van der Waals surface area contributed by atoms with E-state index in [9.17, 15) is 13.2 Å². The summed E-state index contributed by atoms with van der Waals surface area (Å²) in [7, 11) is -0.628. The second-order valence-electron chi connectivity index (χ2n) is 6.58. The molecular weight excluding hydrogens is 412 g/mol. The number of anilines is 1. The normalized spacial score (nSPS) is 15.8. The fourth-order valence-corrected chi connectivity index (χ4v) is 3.61. The third kappa shape index (κ3) is 3.84. The molecule has 4 rings (SSSR count). The summed E-state index contributed by atoms with van der Waals surface area (Å²) in [5.74, 6) is 0.682. The summed E-state index contributed by atoms with van der Waals surface area (Å²) >= 11 is 0. The molecule has 2 aromatic carbocycles. The van der Waals surface area contributed by atoms with Crippen molar-refractivity contribution in [3.05, 3.63) is 48.5 Å². The molecule has 11 heteroatoms. The zero-order chi connectivity index (χ0) is 21.3. The zero-order valence-electron chi connectivity index (χ0n) is 16.1. The number of para-hydroxylation sites is 2. The van der Waals surface area contributed by atoms with Crippen molar-refractivity contribution >= 4 is 21.9 Å². The van der Waals surface area contributed by atoms with E-state index < -0.39 is 22.0 Å². The summed E-state index contributed by atoms with van der Waals surface area (Å²) in [5, 5.41) is 10.2. The number of hydrogen-bond acceptors (Lipinski definition) is 8.